The van der Waals surface area contributed by atoms with E-state index in [4.69, 9.17) is 4.98 Å². The fourth-order valence-corrected chi connectivity index (χ4v) is 4.45. The maximum atomic E-state index is 12.4. The Labute approximate surface area is 203 Å². The van der Waals surface area contributed by atoms with Gasteiger partial charge in [0.05, 0.1) is 11.3 Å². The summed E-state index contributed by atoms with van der Waals surface area (Å²) in [6.07, 6.45) is 1.95. The van der Waals surface area contributed by atoms with Crippen molar-refractivity contribution in [1.29, 1.82) is 5.26 Å². The SMILES string of the molecule is Cc1ccc(-c2cc(-c3ccccc3)nc(SCCC(=O)Nc3cc(C)ccn3)c2C#N)cc1. The number of carbonyl (C=O) groups excluding carboxylic acids is 1. The number of pyridine rings is 2. The van der Waals surface area contributed by atoms with Crippen LogP contribution in [0.2, 0.25) is 0 Å². The summed E-state index contributed by atoms with van der Waals surface area (Å²) in [5.74, 6) is 0.908. The van der Waals surface area contributed by atoms with Crippen molar-refractivity contribution in [1.82, 2.24) is 9.97 Å². The van der Waals surface area contributed by atoms with Gasteiger partial charge in [-0.3, -0.25) is 4.79 Å². The van der Waals surface area contributed by atoms with Gasteiger partial charge in [-0.15, -0.1) is 11.8 Å². The van der Waals surface area contributed by atoms with Crippen molar-refractivity contribution in [2.45, 2.75) is 25.3 Å². The molecule has 0 radical (unpaired) electrons. The third-order valence-corrected chi connectivity index (χ3v) is 6.26. The molecule has 0 aliphatic carbocycles. The molecular formula is C28H24N4OS. The van der Waals surface area contributed by atoms with Gasteiger partial charge >= 0.3 is 0 Å². The molecule has 0 unspecified atom stereocenters. The van der Waals surface area contributed by atoms with Crippen LogP contribution in [-0.2, 0) is 4.79 Å². The third kappa shape index (κ3) is 5.69. The number of aromatic nitrogens is 2. The second-order valence-corrected chi connectivity index (χ2v) is 9.03. The molecule has 0 spiro atoms. The smallest absolute Gasteiger partial charge is 0.226 e. The number of hydrogen-bond acceptors (Lipinski definition) is 5. The largest absolute Gasteiger partial charge is 0.311 e. The third-order valence-electron chi connectivity index (χ3n) is 5.28. The van der Waals surface area contributed by atoms with Crippen molar-refractivity contribution in [3.8, 4) is 28.5 Å². The summed E-state index contributed by atoms with van der Waals surface area (Å²) in [6.45, 7) is 3.99. The molecule has 4 rings (SSSR count). The summed E-state index contributed by atoms with van der Waals surface area (Å²) in [5, 5.41) is 13.5. The lowest BCUT2D eigenvalue weighted by atomic mass is 9.98. The topological polar surface area (TPSA) is 78.7 Å². The predicted molar refractivity (Wildman–Crippen MR) is 138 cm³/mol. The van der Waals surface area contributed by atoms with E-state index in [0.717, 1.165) is 33.5 Å². The number of rotatable bonds is 7. The van der Waals surface area contributed by atoms with E-state index < -0.39 is 0 Å². The Kier molecular flexibility index (Phi) is 7.36. The molecule has 6 heteroatoms. The van der Waals surface area contributed by atoms with Crippen LogP contribution in [0.4, 0.5) is 5.82 Å². The molecule has 0 bridgehead atoms. The number of nitrogens with zero attached hydrogens (tertiary/aromatic N) is 3. The Morgan fingerprint density at radius 3 is 2.44 bits per heavy atom. The number of benzene rings is 2. The number of nitriles is 1. The Morgan fingerprint density at radius 1 is 0.971 bits per heavy atom. The van der Waals surface area contributed by atoms with Crippen LogP contribution in [0.5, 0.6) is 0 Å². The second kappa shape index (κ2) is 10.8. The molecule has 168 valence electrons. The van der Waals surface area contributed by atoms with Crippen molar-refractivity contribution in [3.63, 3.8) is 0 Å². The standard InChI is InChI=1S/C28H24N4OS/c1-19-8-10-21(11-9-19)23-17-25(22-6-4-3-5-7-22)31-28(24(23)18-29)34-15-13-27(33)32-26-16-20(2)12-14-30-26/h3-12,14,16-17H,13,15H2,1-2H3,(H,30,32,33). The minimum Gasteiger partial charge on any atom is -0.311 e. The van der Waals surface area contributed by atoms with Gasteiger partial charge in [0.1, 0.15) is 16.9 Å². The lowest BCUT2D eigenvalue weighted by molar-refractivity contribution is -0.115. The summed E-state index contributed by atoms with van der Waals surface area (Å²) in [4.78, 5) is 21.4. The van der Waals surface area contributed by atoms with Crippen molar-refractivity contribution < 1.29 is 4.79 Å². The van der Waals surface area contributed by atoms with Crippen molar-refractivity contribution in [2.75, 3.05) is 11.1 Å². The highest BCUT2D eigenvalue weighted by Crippen LogP contribution is 2.34. The number of hydrogen-bond donors (Lipinski definition) is 1. The average Bonchev–Trinajstić information content (AvgIpc) is 2.84. The highest BCUT2D eigenvalue weighted by Gasteiger charge is 2.16. The van der Waals surface area contributed by atoms with Crippen molar-refractivity contribution >= 4 is 23.5 Å². The molecule has 0 fully saturated rings. The number of thioether (sulfide) groups is 1. The quantitative estimate of drug-likeness (QED) is 0.319. The summed E-state index contributed by atoms with van der Waals surface area (Å²) < 4.78 is 0. The number of amides is 1. The monoisotopic (exact) mass is 464 g/mol. The molecule has 2 aromatic carbocycles. The van der Waals surface area contributed by atoms with Crippen molar-refractivity contribution in [2.24, 2.45) is 0 Å². The molecule has 0 atom stereocenters. The summed E-state index contributed by atoms with van der Waals surface area (Å²) >= 11 is 1.42. The zero-order valence-electron chi connectivity index (χ0n) is 19.1. The minimum absolute atomic E-state index is 0.123. The van der Waals surface area contributed by atoms with E-state index in [-0.39, 0.29) is 12.3 Å². The van der Waals surface area contributed by atoms with Crippen LogP contribution in [0.25, 0.3) is 22.4 Å². The van der Waals surface area contributed by atoms with Gasteiger partial charge in [0.15, 0.2) is 0 Å². The van der Waals surface area contributed by atoms with Gasteiger partial charge in [-0.25, -0.2) is 9.97 Å². The number of nitrogens with one attached hydrogen (secondary N) is 1. The minimum atomic E-state index is -0.123. The predicted octanol–water partition coefficient (Wildman–Crippen LogP) is 6.42. The van der Waals surface area contributed by atoms with Crippen LogP contribution < -0.4 is 5.32 Å². The Morgan fingerprint density at radius 2 is 1.74 bits per heavy atom. The molecule has 0 aliphatic rings. The van der Waals surface area contributed by atoms with Gasteiger partial charge in [-0.05, 0) is 43.2 Å². The molecule has 0 saturated carbocycles. The number of anilines is 1. The Balaban J connectivity index is 1.60. The van der Waals surface area contributed by atoms with E-state index in [0.29, 0.717) is 22.2 Å². The van der Waals surface area contributed by atoms with Gasteiger partial charge in [0.25, 0.3) is 0 Å². The van der Waals surface area contributed by atoms with E-state index in [2.05, 4.69) is 16.4 Å². The molecule has 0 saturated heterocycles. The molecule has 2 heterocycles. The molecule has 0 aliphatic heterocycles. The zero-order valence-corrected chi connectivity index (χ0v) is 19.9. The van der Waals surface area contributed by atoms with Crippen LogP contribution in [0.3, 0.4) is 0 Å². The van der Waals surface area contributed by atoms with E-state index in [1.165, 1.54) is 11.8 Å². The molecule has 2 aromatic heterocycles. The first-order chi connectivity index (χ1) is 16.5. The van der Waals surface area contributed by atoms with Gasteiger partial charge in [-0.1, -0.05) is 60.2 Å². The van der Waals surface area contributed by atoms with E-state index in [1.807, 2.05) is 86.6 Å². The zero-order chi connectivity index (χ0) is 23.9. The first-order valence-corrected chi connectivity index (χ1v) is 11.9. The fourth-order valence-electron chi connectivity index (χ4n) is 3.50. The molecule has 1 amide bonds. The normalized spacial score (nSPS) is 10.5. The van der Waals surface area contributed by atoms with Crippen molar-refractivity contribution in [3.05, 3.63) is 95.7 Å². The fraction of sp³-hybridized carbons (Fsp3) is 0.143. The average molecular weight is 465 g/mol. The van der Waals surface area contributed by atoms with Gasteiger partial charge in [0.2, 0.25) is 5.91 Å². The lowest BCUT2D eigenvalue weighted by Crippen LogP contribution is -2.13. The molecule has 1 N–H and O–H groups in total. The number of aryl methyl sites for hydroxylation is 2. The Bertz CT molecular complexity index is 1350. The van der Waals surface area contributed by atoms with Crippen LogP contribution in [0.15, 0.2) is 84.0 Å². The second-order valence-electron chi connectivity index (χ2n) is 7.94. The maximum Gasteiger partial charge on any atom is 0.226 e. The van der Waals surface area contributed by atoms with Gasteiger partial charge in [0, 0.05) is 29.5 Å². The van der Waals surface area contributed by atoms with Crippen LogP contribution in [-0.4, -0.2) is 21.6 Å². The summed E-state index contributed by atoms with van der Waals surface area (Å²) in [7, 11) is 0. The molecule has 5 nitrogen and oxygen atoms in total. The van der Waals surface area contributed by atoms with Crippen LogP contribution in [0, 0.1) is 25.2 Å². The van der Waals surface area contributed by atoms with Gasteiger partial charge < -0.3 is 5.32 Å². The lowest BCUT2D eigenvalue weighted by Gasteiger charge is -2.13. The Hall–Kier alpha value is -3.95. The molecule has 4 aromatic rings. The highest BCUT2D eigenvalue weighted by molar-refractivity contribution is 7.99. The first-order valence-electron chi connectivity index (χ1n) is 11.0. The van der Waals surface area contributed by atoms with E-state index >= 15 is 0 Å². The summed E-state index contributed by atoms with van der Waals surface area (Å²) in [5.41, 5.74) is 6.29. The number of carbonyl (C=O) groups is 1. The van der Waals surface area contributed by atoms with E-state index in [1.54, 1.807) is 6.20 Å². The van der Waals surface area contributed by atoms with Crippen LogP contribution in [0.1, 0.15) is 23.1 Å². The summed E-state index contributed by atoms with van der Waals surface area (Å²) in [6, 6.07) is 26.1. The van der Waals surface area contributed by atoms with Crippen LogP contribution >= 0.6 is 11.8 Å². The highest BCUT2D eigenvalue weighted by atomic mass is 32.2. The molecular weight excluding hydrogens is 440 g/mol. The van der Waals surface area contributed by atoms with E-state index in [9.17, 15) is 10.1 Å². The van der Waals surface area contributed by atoms with Gasteiger partial charge in [-0.2, -0.15) is 5.26 Å². The first kappa shape index (κ1) is 23.2. The molecule has 34 heavy (non-hydrogen) atoms. The maximum absolute atomic E-state index is 12.4.